The van der Waals surface area contributed by atoms with Gasteiger partial charge in [-0.1, -0.05) is 6.92 Å². The topological polar surface area (TPSA) is 96.6 Å². The number of carboxylic acids is 1. The average Bonchev–Trinajstić information content (AvgIpc) is 2.28. The number of rotatable bonds is 5. The Bertz CT molecular complexity index is 475. The predicted octanol–water partition coefficient (Wildman–Crippen LogP) is 1.60. The fraction of sp³-hybridized carbons (Fsp3) is 0.455. The lowest BCUT2D eigenvalue weighted by atomic mass is 10.1. The van der Waals surface area contributed by atoms with Crippen LogP contribution < -0.4 is 4.90 Å². The quantitative estimate of drug-likeness (QED) is 0.632. The first-order valence-electron chi connectivity index (χ1n) is 5.45. The van der Waals surface area contributed by atoms with Gasteiger partial charge in [-0.25, -0.2) is 9.78 Å². The van der Waals surface area contributed by atoms with Crippen molar-refractivity contribution < 1.29 is 14.8 Å². The summed E-state index contributed by atoms with van der Waals surface area (Å²) >= 11 is 0. The molecule has 1 rings (SSSR count). The molecule has 0 bridgehead atoms. The summed E-state index contributed by atoms with van der Waals surface area (Å²) < 4.78 is 0. The van der Waals surface area contributed by atoms with Crippen LogP contribution in [0.5, 0.6) is 0 Å². The maximum Gasteiger partial charge on any atom is 0.326 e. The van der Waals surface area contributed by atoms with Crippen LogP contribution in [0.2, 0.25) is 0 Å². The van der Waals surface area contributed by atoms with Crippen molar-refractivity contribution in [2.75, 3.05) is 11.9 Å². The third-order valence-electron chi connectivity index (χ3n) is 2.76. The zero-order chi connectivity index (χ0) is 13.9. The number of carbonyl (C=O) groups is 1. The number of anilines is 1. The van der Waals surface area contributed by atoms with Crippen molar-refractivity contribution in [1.29, 1.82) is 0 Å². The Morgan fingerprint density at radius 1 is 1.67 bits per heavy atom. The van der Waals surface area contributed by atoms with Gasteiger partial charge in [0.05, 0.1) is 4.92 Å². The van der Waals surface area contributed by atoms with Crippen LogP contribution in [0.15, 0.2) is 12.3 Å². The van der Waals surface area contributed by atoms with Gasteiger partial charge in [0.15, 0.2) is 0 Å². The van der Waals surface area contributed by atoms with Gasteiger partial charge in [0.1, 0.15) is 6.04 Å². The fourth-order valence-electron chi connectivity index (χ4n) is 1.78. The van der Waals surface area contributed by atoms with Gasteiger partial charge in [-0.2, -0.15) is 0 Å². The highest BCUT2D eigenvalue weighted by atomic mass is 16.6. The standard InChI is InChI=1S/C11H15N3O4/c1-4-8(11(15)16)13(3)10-9(14(17)18)7(2)5-6-12-10/h5-6,8H,4H2,1-3H3,(H,15,16). The van der Waals surface area contributed by atoms with Gasteiger partial charge in [-0.15, -0.1) is 0 Å². The zero-order valence-corrected chi connectivity index (χ0v) is 10.5. The molecule has 0 aliphatic carbocycles. The Morgan fingerprint density at radius 3 is 2.72 bits per heavy atom. The number of pyridine rings is 1. The van der Waals surface area contributed by atoms with E-state index in [1.165, 1.54) is 24.2 Å². The van der Waals surface area contributed by atoms with Crippen LogP contribution in [0.3, 0.4) is 0 Å². The van der Waals surface area contributed by atoms with Gasteiger partial charge in [0, 0.05) is 18.8 Å². The molecule has 0 spiro atoms. The van der Waals surface area contributed by atoms with Gasteiger partial charge in [0.2, 0.25) is 5.82 Å². The zero-order valence-electron chi connectivity index (χ0n) is 10.5. The van der Waals surface area contributed by atoms with Crippen molar-refractivity contribution in [2.24, 2.45) is 0 Å². The van der Waals surface area contributed by atoms with Gasteiger partial charge in [-0.3, -0.25) is 10.1 Å². The van der Waals surface area contributed by atoms with E-state index in [0.717, 1.165) is 0 Å². The largest absolute Gasteiger partial charge is 0.480 e. The summed E-state index contributed by atoms with van der Waals surface area (Å²) in [5.74, 6) is -0.952. The first kappa shape index (κ1) is 13.9. The summed E-state index contributed by atoms with van der Waals surface area (Å²) in [5, 5.41) is 20.1. The Labute approximate surface area is 104 Å². The van der Waals surface area contributed by atoms with Crippen LogP contribution in [0, 0.1) is 17.0 Å². The number of aromatic nitrogens is 1. The van der Waals surface area contributed by atoms with Crippen molar-refractivity contribution in [3.8, 4) is 0 Å². The monoisotopic (exact) mass is 253 g/mol. The third-order valence-corrected chi connectivity index (χ3v) is 2.76. The summed E-state index contributed by atoms with van der Waals surface area (Å²) in [6, 6.07) is 0.690. The highest BCUT2D eigenvalue weighted by Gasteiger charge is 2.28. The molecule has 7 heteroatoms. The summed E-state index contributed by atoms with van der Waals surface area (Å²) in [6.45, 7) is 3.30. The SMILES string of the molecule is CCC(C(=O)O)N(C)c1nccc(C)c1[N+](=O)[O-]. The molecule has 1 aromatic heterocycles. The summed E-state index contributed by atoms with van der Waals surface area (Å²) in [4.78, 5) is 26.8. The first-order chi connectivity index (χ1) is 8.40. The molecule has 0 saturated carbocycles. The van der Waals surface area contributed by atoms with E-state index < -0.39 is 16.9 Å². The van der Waals surface area contributed by atoms with E-state index in [0.29, 0.717) is 12.0 Å². The number of aliphatic carboxylic acids is 1. The predicted molar refractivity (Wildman–Crippen MR) is 65.7 cm³/mol. The molecule has 1 N–H and O–H groups in total. The Kier molecular flexibility index (Phi) is 4.19. The van der Waals surface area contributed by atoms with Crippen molar-refractivity contribution >= 4 is 17.5 Å². The second kappa shape index (κ2) is 5.44. The van der Waals surface area contributed by atoms with Gasteiger partial charge in [0.25, 0.3) is 0 Å². The van der Waals surface area contributed by atoms with E-state index in [2.05, 4.69) is 4.98 Å². The molecule has 0 aromatic carbocycles. The van der Waals surface area contributed by atoms with E-state index in [1.54, 1.807) is 13.8 Å². The van der Waals surface area contributed by atoms with E-state index in [-0.39, 0.29) is 11.5 Å². The lowest BCUT2D eigenvalue weighted by Crippen LogP contribution is -2.38. The number of likely N-dealkylation sites (N-methyl/N-ethyl adjacent to an activating group) is 1. The minimum Gasteiger partial charge on any atom is -0.480 e. The number of hydrogen-bond acceptors (Lipinski definition) is 5. The van der Waals surface area contributed by atoms with Crippen LogP contribution in [0.4, 0.5) is 11.5 Å². The van der Waals surface area contributed by atoms with Gasteiger partial charge < -0.3 is 10.0 Å². The molecule has 0 amide bonds. The van der Waals surface area contributed by atoms with Crippen molar-refractivity contribution in [3.63, 3.8) is 0 Å². The first-order valence-corrected chi connectivity index (χ1v) is 5.45. The highest BCUT2D eigenvalue weighted by Crippen LogP contribution is 2.29. The van der Waals surface area contributed by atoms with Crippen molar-refractivity contribution in [3.05, 3.63) is 27.9 Å². The molecule has 1 atom stereocenters. The molecule has 0 aliphatic rings. The molecule has 0 radical (unpaired) electrons. The minimum atomic E-state index is -1.03. The van der Waals surface area contributed by atoms with Crippen LogP contribution in [-0.4, -0.2) is 34.1 Å². The third kappa shape index (κ3) is 2.55. The molecule has 1 unspecified atom stereocenters. The fourth-order valence-corrected chi connectivity index (χ4v) is 1.78. The normalized spacial score (nSPS) is 11.9. The summed E-state index contributed by atoms with van der Waals surface area (Å²) in [7, 11) is 1.50. The van der Waals surface area contributed by atoms with Crippen molar-refractivity contribution in [2.45, 2.75) is 26.3 Å². The smallest absolute Gasteiger partial charge is 0.326 e. The second-order valence-corrected chi connectivity index (χ2v) is 3.93. The molecule has 0 saturated heterocycles. The molecule has 1 heterocycles. The van der Waals surface area contributed by atoms with Crippen LogP contribution in [0.1, 0.15) is 18.9 Å². The Morgan fingerprint density at radius 2 is 2.28 bits per heavy atom. The molecule has 1 aromatic rings. The van der Waals surface area contributed by atoms with E-state index >= 15 is 0 Å². The summed E-state index contributed by atoms with van der Waals surface area (Å²) in [6.07, 6.45) is 1.77. The summed E-state index contributed by atoms with van der Waals surface area (Å²) in [5.41, 5.74) is 0.303. The number of nitro groups is 1. The lowest BCUT2D eigenvalue weighted by molar-refractivity contribution is -0.384. The maximum absolute atomic E-state index is 11.1. The molecule has 18 heavy (non-hydrogen) atoms. The highest BCUT2D eigenvalue weighted by molar-refractivity contribution is 5.79. The number of hydrogen-bond donors (Lipinski definition) is 1. The molecular weight excluding hydrogens is 238 g/mol. The average molecular weight is 253 g/mol. The molecule has 0 fully saturated rings. The Balaban J connectivity index is 3.28. The lowest BCUT2D eigenvalue weighted by Gasteiger charge is -2.24. The second-order valence-electron chi connectivity index (χ2n) is 3.93. The maximum atomic E-state index is 11.1. The van der Waals surface area contributed by atoms with E-state index in [9.17, 15) is 14.9 Å². The van der Waals surface area contributed by atoms with E-state index in [4.69, 9.17) is 5.11 Å². The van der Waals surface area contributed by atoms with Gasteiger partial charge in [-0.05, 0) is 19.4 Å². The molecule has 0 aliphatic heterocycles. The van der Waals surface area contributed by atoms with Crippen LogP contribution in [-0.2, 0) is 4.79 Å². The number of nitrogens with zero attached hydrogens (tertiary/aromatic N) is 3. The Hall–Kier alpha value is -2.18. The van der Waals surface area contributed by atoms with Crippen LogP contribution in [0.25, 0.3) is 0 Å². The number of aryl methyl sites for hydroxylation is 1. The minimum absolute atomic E-state index is 0.0780. The molecule has 98 valence electrons. The molecular formula is C11H15N3O4. The van der Waals surface area contributed by atoms with Gasteiger partial charge >= 0.3 is 11.7 Å². The van der Waals surface area contributed by atoms with Crippen LogP contribution >= 0.6 is 0 Å². The number of carboxylic acid groups (broad SMARTS) is 1. The molecule has 7 nitrogen and oxygen atoms in total. The van der Waals surface area contributed by atoms with Crippen molar-refractivity contribution in [1.82, 2.24) is 4.98 Å². The van der Waals surface area contributed by atoms with E-state index in [1.807, 2.05) is 0 Å².